The van der Waals surface area contributed by atoms with Gasteiger partial charge in [-0.05, 0) is 18.6 Å². The predicted octanol–water partition coefficient (Wildman–Crippen LogP) is 3.17. The average molecular weight is 364 g/mol. The maximum absolute atomic E-state index is 12.9. The first-order chi connectivity index (χ1) is 13.2. The lowest BCUT2D eigenvalue weighted by Crippen LogP contribution is -2.35. The molecule has 6 heteroatoms. The van der Waals surface area contributed by atoms with E-state index in [2.05, 4.69) is 17.0 Å². The van der Waals surface area contributed by atoms with Crippen molar-refractivity contribution in [2.75, 3.05) is 19.7 Å². The first-order valence-electron chi connectivity index (χ1n) is 9.22. The summed E-state index contributed by atoms with van der Waals surface area (Å²) in [6, 6.07) is 19.3. The number of benzene rings is 2. The SMILES string of the molecule is CCCCN(CCO)C(=O)c1nc(-c2ccccc2)n(-c2ccccc2)n1. The lowest BCUT2D eigenvalue weighted by Gasteiger charge is -2.19. The number of nitrogens with zero attached hydrogens (tertiary/aromatic N) is 4. The summed E-state index contributed by atoms with van der Waals surface area (Å²) in [4.78, 5) is 19.1. The third kappa shape index (κ3) is 4.41. The standard InChI is InChI=1S/C21H24N4O2/c1-2-3-14-24(15-16-26)21(27)19-22-20(17-10-6-4-7-11-17)25(23-19)18-12-8-5-9-13-18/h4-13,26H,2-3,14-16H2,1H3. The van der Waals surface area contributed by atoms with Crippen LogP contribution in [0.4, 0.5) is 0 Å². The second kappa shape index (κ2) is 9.09. The Bertz CT molecular complexity index is 805. The highest BCUT2D eigenvalue weighted by Gasteiger charge is 2.23. The number of aliphatic hydroxyl groups excluding tert-OH is 1. The van der Waals surface area contributed by atoms with E-state index in [1.54, 1.807) is 9.58 Å². The first kappa shape index (κ1) is 18.8. The minimum atomic E-state index is -0.260. The molecule has 0 aliphatic heterocycles. The molecule has 1 N–H and O–H groups in total. The summed E-state index contributed by atoms with van der Waals surface area (Å²) in [7, 11) is 0. The fraction of sp³-hybridized carbons (Fsp3) is 0.286. The van der Waals surface area contributed by atoms with Crippen LogP contribution in [0.3, 0.4) is 0 Å². The zero-order chi connectivity index (χ0) is 19.1. The topological polar surface area (TPSA) is 71.2 Å². The third-order valence-corrected chi connectivity index (χ3v) is 4.27. The molecule has 0 atom stereocenters. The van der Waals surface area contributed by atoms with Gasteiger partial charge in [0.25, 0.3) is 5.91 Å². The van der Waals surface area contributed by atoms with Crippen molar-refractivity contribution in [1.29, 1.82) is 0 Å². The van der Waals surface area contributed by atoms with Crippen LogP contribution < -0.4 is 0 Å². The van der Waals surface area contributed by atoms with Gasteiger partial charge in [-0.1, -0.05) is 61.9 Å². The molecule has 3 rings (SSSR count). The van der Waals surface area contributed by atoms with Crippen LogP contribution >= 0.6 is 0 Å². The van der Waals surface area contributed by atoms with Crippen LogP contribution in [0, 0.1) is 0 Å². The maximum atomic E-state index is 12.9. The second-order valence-electron chi connectivity index (χ2n) is 6.24. The molecule has 1 aromatic heterocycles. The minimum Gasteiger partial charge on any atom is -0.395 e. The summed E-state index contributed by atoms with van der Waals surface area (Å²) in [5.41, 5.74) is 1.72. The number of aliphatic hydroxyl groups is 1. The molecule has 0 bridgehead atoms. The molecule has 27 heavy (non-hydrogen) atoms. The molecule has 0 spiro atoms. The van der Waals surface area contributed by atoms with E-state index < -0.39 is 0 Å². The average Bonchev–Trinajstić information content (AvgIpc) is 3.17. The Labute approximate surface area is 159 Å². The quantitative estimate of drug-likeness (QED) is 0.666. The highest BCUT2D eigenvalue weighted by molar-refractivity contribution is 5.91. The van der Waals surface area contributed by atoms with Gasteiger partial charge in [-0.25, -0.2) is 9.67 Å². The van der Waals surface area contributed by atoms with Crippen molar-refractivity contribution in [2.45, 2.75) is 19.8 Å². The van der Waals surface area contributed by atoms with Crippen LogP contribution in [0.25, 0.3) is 17.1 Å². The molecule has 1 amide bonds. The zero-order valence-corrected chi connectivity index (χ0v) is 15.5. The number of carbonyl (C=O) groups excluding carboxylic acids is 1. The van der Waals surface area contributed by atoms with Gasteiger partial charge >= 0.3 is 0 Å². The van der Waals surface area contributed by atoms with Gasteiger partial charge in [0.05, 0.1) is 12.3 Å². The molecule has 1 heterocycles. The number of hydrogen-bond acceptors (Lipinski definition) is 4. The smallest absolute Gasteiger partial charge is 0.293 e. The van der Waals surface area contributed by atoms with Crippen LogP contribution in [-0.2, 0) is 0 Å². The van der Waals surface area contributed by atoms with E-state index in [9.17, 15) is 9.90 Å². The highest BCUT2D eigenvalue weighted by atomic mass is 16.3. The molecule has 0 aliphatic carbocycles. The zero-order valence-electron chi connectivity index (χ0n) is 15.5. The van der Waals surface area contributed by atoms with Gasteiger partial charge in [-0.2, -0.15) is 0 Å². The van der Waals surface area contributed by atoms with Crippen LogP contribution in [-0.4, -0.2) is 50.4 Å². The highest BCUT2D eigenvalue weighted by Crippen LogP contribution is 2.21. The molecular weight excluding hydrogens is 340 g/mol. The molecule has 3 aromatic rings. The number of unbranched alkanes of at least 4 members (excludes halogenated alkanes) is 1. The Balaban J connectivity index is 2.02. The number of hydrogen-bond donors (Lipinski definition) is 1. The number of carbonyl (C=O) groups is 1. The van der Waals surface area contributed by atoms with Gasteiger partial charge in [-0.3, -0.25) is 4.79 Å². The summed E-state index contributed by atoms with van der Waals surface area (Å²) in [6.45, 7) is 2.84. The monoisotopic (exact) mass is 364 g/mol. The first-order valence-corrected chi connectivity index (χ1v) is 9.22. The molecule has 0 radical (unpaired) electrons. The number of aromatic nitrogens is 3. The van der Waals surface area contributed by atoms with E-state index in [0.29, 0.717) is 12.4 Å². The Morgan fingerprint density at radius 1 is 1.04 bits per heavy atom. The lowest BCUT2D eigenvalue weighted by atomic mass is 10.2. The molecule has 0 aliphatic rings. The Morgan fingerprint density at radius 3 is 2.33 bits per heavy atom. The van der Waals surface area contributed by atoms with E-state index in [4.69, 9.17) is 0 Å². The van der Waals surface area contributed by atoms with Crippen LogP contribution in [0.2, 0.25) is 0 Å². The Morgan fingerprint density at radius 2 is 1.70 bits per heavy atom. The molecule has 0 fully saturated rings. The molecule has 140 valence electrons. The summed E-state index contributed by atoms with van der Waals surface area (Å²) in [5, 5.41) is 13.8. The minimum absolute atomic E-state index is 0.0829. The van der Waals surface area contributed by atoms with Crippen molar-refractivity contribution >= 4 is 5.91 Å². The van der Waals surface area contributed by atoms with Gasteiger partial charge in [0.2, 0.25) is 5.82 Å². The van der Waals surface area contributed by atoms with Crippen molar-refractivity contribution < 1.29 is 9.90 Å². The van der Waals surface area contributed by atoms with E-state index in [1.165, 1.54) is 0 Å². The van der Waals surface area contributed by atoms with Gasteiger partial charge in [0, 0.05) is 18.7 Å². The molecular formula is C21H24N4O2. The van der Waals surface area contributed by atoms with E-state index >= 15 is 0 Å². The summed E-state index contributed by atoms with van der Waals surface area (Å²) in [5.74, 6) is 0.496. The molecule has 0 unspecified atom stereocenters. The second-order valence-corrected chi connectivity index (χ2v) is 6.24. The third-order valence-electron chi connectivity index (χ3n) is 4.27. The van der Waals surface area contributed by atoms with Gasteiger partial charge in [-0.15, -0.1) is 5.10 Å². The number of amides is 1. The molecule has 0 saturated carbocycles. The normalized spacial score (nSPS) is 10.7. The van der Waals surface area contributed by atoms with Crippen LogP contribution in [0.5, 0.6) is 0 Å². The van der Waals surface area contributed by atoms with Crippen LogP contribution in [0.1, 0.15) is 30.4 Å². The molecule has 6 nitrogen and oxygen atoms in total. The fourth-order valence-electron chi connectivity index (χ4n) is 2.85. The Kier molecular flexibility index (Phi) is 6.33. The van der Waals surface area contributed by atoms with E-state index in [1.807, 2.05) is 60.7 Å². The van der Waals surface area contributed by atoms with E-state index in [0.717, 1.165) is 24.1 Å². The number of rotatable bonds is 8. The molecule has 2 aromatic carbocycles. The fourth-order valence-corrected chi connectivity index (χ4v) is 2.85. The van der Waals surface area contributed by atoms with Crippen molar-refractivity contribution in [2.24, 2.45) is 0 Å². The van der Waals surface area contributed by atoms with Crippen molar-refractivity contribution in [3.63, 3.8) is 0 Å². The molecule has 0 saturated heterocycles. The number of para-hydroxylation sites is 1. The van der Waals surface area contributed by atoms with Crippen molar-refractivity contribution in [3.8, 4) is 17.1 Å². The summed E-state index contributed by atoms with van der Waals surface area (Å²) >= 11 is 0. The maximum Gasteiger partial charge on any atom is 0.293 e. The van der Waals surface area contributed by atoms with E-state index in [-0.39, 0.29) is 24.9 Å². The van der Waals surface area contributed by atoms with Gasteiger partial charge in [0.1, 0.15) is 0 Å². The lowest BCUT2D eigenvalue weighted by molar-refractivity contribution is 0.0707. The van der Waals surface area contributed by atoms with Gasteiger partial charge < -0.3 is 10.0 Å². The van der Waals surface area contributed by atoms with Crippen molar-refractivity contribution in [1.82, 2.24) is 19.7 Å². The summed E-state index contributed by atoms with van der Waals surface area (Å²) in [6.07, 6.45) is 1.84. The van der Waals surface area contributed by atoms with Crippen LogP contribution in [0.15, 0.2) is 60.7 Å². The Hall–Kier alpha value is -2.99. The predicted molar refractivity (Wildman–Crippen MR) is 105 cm³/mol. The largest absolute Gasteiger partial charge is 0.395 e. The summed E-state index contributed by atoms with van der Waals surface area (Å²) < 4.78 is 1.69. The van der Waals surface area contributed by atoms with Crippen molar-refractivity contribution in [3.05, 3.63) is 66.5 Å². The van der Waals surface area contributed by atoms with Gasteiger partial charge in [0.15, 0.2) is 5.82 Å².